The summed E-state index contributed by atoms with van der Waals surface area (Å²) in [6.07, 6.45) is 2.78. The predicted octanol–water partition coefficient (Wildman–Crippen LogP) is 3.37. The molecule has 2 aliphatic heterocycles. The van der Waals surface area contributed by atoms with Gasteiger partial charge in [-0.25, -0.2) is 0 Å². The van der Waals surface area contributed by atoms with Crippen LogP contribution in [0.1, 0.15) is 38.7 Å². The van der Waals surface area contributed by atoms with E-state index in [1.54, 1.807) is 12.1 Å². The van der Waals surface area contributed by atoms with Crippen LogP contribution in [0, 0.1) is 17.2 Å². The summed E-state index contributed by atoms with van der Waals surface area (Å²) in [5, 5.41) is 9.59. The number of nitrogens with zero attached hydrogens (tertiary/aromatic N) is 4. The summed E-state index contributed by atoms with van der Waals surface area (Å²) in [4.78, 5) is 19.8. The van der Waals surface area contributed by atoms with Gasteiger partial charge in [0.25, 0.3) is 0 Å². The number of amides is 1. The number of carbonyl (C=O) groups excluding carboxylic acids is 1. The number of carbonyl (C=O) groups is 1. The fourth-order valence-electron chi connectivity index (χ4n) is 4.13. The SMILES string of the molecule is CC(C)N1CCCN(C(=O)C2CCN(c3ccc(C#N)cc3Cl)CC2)CC1. The zero-order chi connectivity index (χ0) is 19.4. The van der Waals surface area contributed by atoms with Crippen molar-refractivity contribution < 1.29 is 4.79 Å². The minimum Gasteiger partial charge on any atom is -0.370 e. The molecule has 2 fully saturated rings. The molecule has 1 amide bonds. The summed E-state index contributed by atoms with van der Waals surface area (Å²) >= 11 is 6.35. The average molecular weight is 389 g/mol. The van der Waals surface area contributed by atoms with Crippen molar-refractivity contribution in [2.75, 3.05) is 44.2 Å². The van der Waals surface area contributed by atoms with Crippen molar-refractivity contribution in [2.45, 2.75) is 39.2 Å². The first-order valence-corrected chi connectivity index (χ1v) is 10.3. The molecule has 0 aromatic heterocycles. The Bertz CT molecular complexity index is 707. The quantitative estimate of drug-likeness (QED) is 0.796. The maximum absolute atomic E-state index is 13.0. The highest BCUT2D eigenvalue weighted by Crippen LogP contribution is 2.31. The number of piperidine rings is 1. The van der Waals surface area contributed by atoms with Gasteiger partial charge in [0, 0.05) is 51.2 Å². The van der Waals surface area contributed by atoms with E-state index in [4.69, 9.17) is 16.9 Å². The van der Waals surface area contributed by atoms with Crippen LogP contribution in [0.4, 0.5) is 5.69 Å². The lowest BCUT2D eigenvalue weighted by Gasteiger charge is -2.35. The summed E-state index contributed by atoms with van der Waals surface area (Å²) in [6, 6.07) is 8.09. The summed E-state index contributed by atoms with van der Waals surface area (Å²) in [6.45, 7) is 9.88. The molecule has 146 valence electrons. The second kappa shape index (κ2) is 8.95. The first-order chi connectivity index (χ1) is 13.0. The zero-order valence-corrected chi connectivity index (χ0v) is 17.1. The molecule has 0 atom stereocenters. The first-order valence-electron chi connectivity index (χ1n) is 9.97. The highest BCUT2D eigenvalue weighted by atomic mass is 35.5. The summed E-state index contributed by atoms with van der Waals surface area (Å²) in [5.41, 5.74) is 1.54. The number of rotatable bonds is 3. The number of anilines is 1. The molecule has 3 rings (SSSR count). The van der Waals surface area contributed by atoms with Crippen LogP contribution in [-0.4, -0.2) is 61.0 Å². The lowest BCUT2D eigenvalue weighted by atomic mass is 9.94. The predicted molar refractivity (Wildman–Crippen MR) is 109 cm³/mol. The number of hydrogen-bond acceptors (Lipinski definition) is 4. The van der Waals surface area contributed by atoms with Gasteiger partial charge in [-0.1, -0.05) is 11.6 Å². The third kappa shape index (κ3) is 4.75. The summed E-state index contributed by atoms with van der Waals surface area (Å²) in [7, 11) is 0. The molecule has 0 spiro atoms. The lowest BCUT2D eigenvalue weighted by Crippen LogP contribution is -2.44. The topological polar surface area (TPSA) is 50.6 Å². The number of benzene rings is 1. The minimum absolute atomic E-state index is 0.115. The van der Waals surface area contributed by atoms with Gasteiger partial charge in [0.05, 0.1) is 22.3 Å². The van der Waals surface area contributed by atoms with Crippen LogP contribution in [0.2, 0.25) is 5.02 Å². The molecule has 1 aromatic rings. The third-order valence-corrected chi connectivity index (χ3v) is 6.14. The Hall–Kier alpha value is -1.77. The monoisotopic (exact) mass is 388 g/mol. The summed E-state index contributed by atoms with van der Waals surface area (Å²) < 4.78 is 0. The van der Waals surface area contributed by atoms with Gasteiger partial charge >= 0.3 is 0 Å². The van der Waals surface area contributed by atoms with Crippen LogP contribution >= 0.6 is 11.6 Å². The van der Waals surface area contributed by atoms with Crippen LogP contribution in [-0.2, 0) is 4.79 Å². The van der Waals surface area contributed by atoms with Crippen LogP contribution < -0.4 is 4.90 Å². The van der Waals surface area contributed by atoms with Crippen molar-refractivity contribution in [1.82, 2.24) is 9.80 Å². The zero-order valence-electron chi connectivity index (χ0n) is 16.3. The number of hydrogen-bond donors (Lipinski definition) is 0. The van der Waals surface area contributed by atoms with Gasteiger partial charge in [0.1, 0.15) is 0 Å². The van der Waals surface area contributed by atoms with E-state index >= 15 is 0 Å². The maximum atomic E-state index is 13.0. The van der Waals surface area contributed by atoms with E-state index in [2.05, 4.69) is 34.6 Å². The highest BCUT2D eigenvalue weighted by molar-refractivity contribution is 6.33. The smallest absolute Gasteiger partial charge is 0.225 e. The molecular weight excluding hydrogens is 360 g/mol. The molecule has 2 heterocycles. The van der Waals surface area contributed by atoms with E-state index in [9.17, 15) is 4.79 Å². The molecule has 2 aliphatic rings. The van der Waals surface area contributed by atoms with Crippen LogP contribution in [0.25, 0.3) is 0 Å². The van der Waals surface area contributed by atoms with Crippen molar-refractivity contribution in [3.8, 4) is 6.07 Å². The largest absolute Gasteiger partial charge is 0.370 e. The molecule has 0 bridgehead atoms. The molecule has 0 saturated carbocycles. The molecule has 5 nitrogen and oxygen atoms in total. The van der Waals surface area contributed by atoms with Crippen molar-refractivity contribution in [3.63, 3.8) is 0 Å². The Morgan fingerprint density at radius 2 is 1.89 bits per heavy atom. The van der Waals surface area contributed by atoms with Crippen molar-refractivity contribution in [2.24, 2.45) is 5.92 Å². The van der Waals surface area contributed by atoms with Gasteiger partial charge in [-0.2, -0.15) is 5.26 Å². The molecular formula is C21H29ClN4O. The van der Waals surface area contributed by atoms with Gasteiger partial charge < -0.3 is 9.80 Å². The molecule has 2 saturated heterocycles. The Balaban J connectivity index is 1.56. The van der Waals surface area contributed by atoms with Crippen molar-refractivity contribution in [3.05, 3.63) is 28.8 Å². The maximum Gasteiger partial charge on any atom is 0.225 e. The molecule has 27 heavy (non-hydrogen) atoms. The minimum atomic E-state index is 0.115. The van der Waals surface area contributed by atoms with E-state index in [0.717, 1.165) is 64.2 Å². The second-order valence-electron chi connectivity index (χ2n) is 7.85. The van der Waals surface area contributed by atoms with E-state index in [1.807, 2.05) is 6.07 Å². The van der Waals surface area contributed by atoms with E-state index in [1.165, 1.54) is 0 Å². The van der Waals surface area contributed by atoms with E-state index in [-0.39, 0.29) is 5.92 Å². The van der Waals surface area contributed by atoms with Crippen LogP contribution in [0.3, 0.4) is 0 Å². The van der Waals surface area contributed by atoms with E-state index < -0.39 is 0 Å². The number of nitriles is 1. The van der Waals surface area contributed by atoms with E-state index in [0.29, 0.717) is 22.5 Å². The first kappa shape index (κ1) is 20.0. The lowest BCUT2D eigenvalue weighted by molar-refractivity contribution is -0.136. The molecule has 0 unspecified atom stereocenters. The van der Waals surface area contributed by atoms with Crippen LogP contribution in [0.15, 0.2) is 18.2 Å². The molecule has 0 radical (unpaired) electrons. The average Bonchev–Trinajstić information content (AvgIpc) is 2.94. The highest BCUT2D eigenvalue weighted by Gasteiger charge is 2.30. The van der Waals surface area contributed by atoms with Gasteiger partial charge in [-0.15, -0.1) is 0 Å². The molecule has 1 aromatic carbocycles. The van der Waals surface area contributed by atoms with Crippen LogP contribution in [0.5, 0.6) is 0 Å². The molecule has 0 aliphatic carbocycles. The standard InChI is InChI=1S/C21H29ClN4O/c1-16(2)24-8-3-9-26(13-12-24)21(27)18-6-10-25(11-7-18)20-5-4-17(15-23)14-19(20)22/h4-5,14,16,18H,3,6-13H2,1-2H3. The Morgan fingerprint density at radius 1 is 1.15 bits per heavy atom. The fourth-order valence-corrected chi connectivity index (χ4v) is 4.43. The second-order valence-corrected chi connectivity index (χ2v) is 8.26. The van der Waals surface area contributed by atoms with Crippen molar-refractivity contribution in [1.29, 1.82) is 5.26 Å². The Kier molecular flexibility index (Phi) is 6.62. The normalized spacial score (nSPS) is 19.8. The van der Waals surface area contributed by atoms with Crippen molar-refractivity contribution >= 4 is 23.2 Å². The van der Waals surface area contributed by atoms with Gasteiger partial charge in [-0.05, 0) is 51.3 Å². The Labute approximate surface area is 167 Å². The van der Waals surface area contributed by atoms with Gasteiger partial charge in [0.15, 0.2) is 0 Å². The molecule has 6 heteroatoms. The van der Waals surface area contributed by atoms with Gasteiger partial charge in [-0.3, -0.25) is 9.69 Å². The number of halogens is 1. The van der Waals surface area contributed by atoms with Gasteiger partial charge in [0.2, 0.25) is 5.91 Å². The molecule has 0 N–H and O–H groups in total. The Morgan fingerprint density at radius 3 is 2.52 bits per heavy atom. The summed E-state index contributed by atoms with van der Waals surface area (Å²) in [5.74, 6) is 0.440. The fraction of sp³-hybridized carbons (Fsp3) is 0.619. The third-order valence-electron chi connectivity index (χ3n) is 5.83.